The lowest BCUT2D eigenvalue weighted by Gasteiger charge is -2.34. The summed E-state index contributed by atoms with van der Waals surface area (Å²) >= 11 is 0. The van der Waals surface area contributed by atoms with Crippen LogP contribution in [0, 0.1) is 5.92 Å². The number of aliphatic hydroxyl groups is 2. The number of carbonyl (C=O) groups is 1. The molecule has 2 aromatic heterocycles. The molecule has 0 atom stereocenters. The first-order valence-electron chi connectivity index (χ1n) is 11.7. The molecule has 1 fully saturated rings. The molecule has 0 spiro atoms. The van der Waals surface area contributed by atoms with Crippen LogP contribution >= 0.6 is 0 Å². The highest BCUT2D eigenvalue weighted by Gasteiger charge is 2.23. The van der Waals surface area contributed by atoms with Gasteiger partial charge in [-0.05, 0) is 36.8 Å². The van der Waals surface area contributed by atoms with Crippen LogP contribution in [0.2, 0.25) is 0 Å². The average molecular weight is 452 g/mol. The predicted octanol–water partition coefficient (Wildman–Crippen LogP) is 1.90. The van der Waals surface area contributed by atoms with E-state index in [0.29, 0.717) is 24.0 Å². The van der Waals surface area contributed by atoms with Gasteiger partial charge in [-0.25, -0.2) is 9.97 Å². The van der Waals surface area contributed by atoms with Crippen molar-refractivity contribution in [1.29, 1.82) is 0 Å². The highest BCUT2D eigenvalue weighted by atomic mass is 16.3. The Bertz CT molecular complexity index is 1060. The second-order valence-corrected chi connectivity index (χ2v) is 8.84. The van der Waals surface area contributed by atoms with Gasteiger partial charge in [-0.15, -0.1) is 0 Å². The molecule has 0 bridgehead atoms. The summed E-state index contributed by atoms with van der Waals surface area (Å²) in [6, 6.07) is 8.50. The molecule has 0 radical (unpaired) electrons. The summed E-state index contributed by atoms with van der Waals surface area (Å²) < 4.78 is 2.19. The van der Waals surface area contributed by atoms with Crippen molar-refractivity contribution in [1.82, 2.24) is 19.4 Å². The van der Waals surface area contributed by atoms with Crippen LogP contribution in [-0.2, 0) is 13.5 Å². The summed E-state index contributed by atoms with van der Waals surface area (Å²) in [5, 5.41) is 19.9. The molecular weight excluding hydrogens is 418 g/mol. The lowest BCUT2D eigenvalue weighted by Crippen LogP contribution is -2.40. The Morgan fingerprint density at radius 3 is 2.55 bits per heavy atom. The van der Waals surface area contributed by atoms with Crippen molar-refractivity contribution in [2.45, 2.75) is 19.3 Å². The summed E-state index contributed by atoms with van der Waals surface area (Å²) in [5.41, 5.74) is 2.94. The standard InChI is InChI=1S/C25H33N5O3/c1-28-17-20(22-4-2-3-5-23(22)28)8-9-29(12-13-31)16-19-6-10-30(11-7-19)25-26-14-21(15-27-25)24(33)18-32/h2-5,14-15,17,19,31-32H,6-13,16,18H2,1H3. The molecule has 1 aliphatic rings. The van der Waals surface area contributed by atoms with Crippen LogP contribution in [-0.4, -0.2) is 81.4 Å². The largest absolute Gasteiger partial charge is 0.395 e. The Morgan fingerprint density at radius 1 is 1.12 bits per heavy atom. The van der Waals surface area contributed by atoms with Gasteiger partial charge in [-0.1, -0.05) is 18.2 Å². The smallest absolute Gasteiger partial charge is 0.225 e. The maximum atomic E-state index is 11.5. The van der Waals surface area contributed by atoms with Crippen molar-refractivity contribution in [3.63, 3.8) is 0 Å². The molecule has 3 heterocycles. The van der Waals surface area contributed by atoms with Crippen LogP contribution in [0.5, 0.6) is 0 Å². The minimum Gasteiger partial charge on any atom is -0.395 e. The molecule has 1 aromatic carbocycles. The van der Waals surface area contributed by atoms with Crippen molar-refractivity contribution in [3.8, 4) is 0 Å². The molecule has 176 valence electrons. The third-order valence-electron chi connectivity index (χ3n) is 6.61. The van der Waals surface area contributed by atoms with Crippen molar-refractivity contribution in [3.05, 3.63) is 54.0 Å². The molecule has 1 aliphatic heterocycles. The summed E-state index contributed by atoms with van der Waals surface area (Å²) in [4.78, 5) is 24.7. The number of aryl methyl sites for hydroxylation is 1. The van der Waals surface area contributed by atoms with Gasteiger partial charge in [0.15, 0.2) is 5.78 Å². The van der Waals surface area contributed by atoms with E-state index >= 15 is 0 Å². The molecule has 0 aliphatic carbocycles. The van der Waals surface area contributed by atoms with E-state index in [4.69, 9.17) is 5.11 Å². The Morgan fingerprint density at radius 2 is 1.85 bits per heavy atom. The van der Waals surface area contributed by atoms with E-state index in [1.165, 1.54) is 28.9 Å². The fourth-order valence-corrected chi connectivity index (χ4v) is 4.74. The van der Waals surface area contributed by atoms with Gasteiger partial charge in [-0.3, -0.25) is 4.79 Å². The lowest BCUT2D eigenvalue weighted by molar-refractivity contribution is 0.0903. The Kier molecular flexibility index (Phi) is 7.69. The van der Waals surface area contributed by atoms with E-state index < -0.39 is 6.61 Å². The van der Waals surface area contributed by atoms with Crippen LogP contribution in [0.25, 0.3) is 10.9 Å². The first kappa shape index (κ1) is 23.4. The van der Waals surface area contributed by atoms with Gasteiger partial charge in [0.1, 0.15) is 6.61 Å². The molecular formula is C25H33N5O3. The van der Waals surface area contributed by atoms with Crippen LogP contribution in [0.3, 0.4) is 0 Å². The third-order valence-corrected chi connectivity index (χ3v) is 6.61. The number of aromatic nitrogens is 3. The van der Waals surface area contributed by atoms with Crippen LogP contribution in [0.15, 0.2) is 42.9 Å². The van der Waals surface area contributed by atoms with Crippen LogP contribution in [0.1, 0.15) is 28.8 Å². The highest BCUT2D eigenvalue weighted by Crippen LogP contribution is 2.23. The summed E-state index contributed by atoms with van der Waals surface area (Å²) in [6.07, 6.45) is 8.24. The number of hydrogen-bond acceptors (Lipinski definition) is 7. The third kappa shape index (κ3) is 5.58. The van der Waals surface area contributed by atoms with Gasteiger partial charge < -0.3 is 24.6 Å². The van der Waals surface area contributed by atoms with Crippen molar-refractivity contribution >= 4 is 22.6 Å². The highest BCUT2D eigenvalue weighted by molar-refractivity contribution is 5.96. The number of anilines is 1. The zero-order valence-corrected chi connectivity index (χ0v) is 19.2. The number of hydrogen-bond donors (Lipinski definition) is 2. The molecule has 0 saturated carbocycles. The molecule has 4 rings (SSSR count). The van der Waals surface area contributed by atoms with Crippen molar-refractivity contribution < 1.29 is 15.0 Å². The lowest BCUT2D eigenvalue weighted by atomic mass is 9.96. The van der Waals surface area contributed by atoms with Gasteiger partial charge in [0.05, 0.1) is 12.2 Å². The Balaban J connectivity index is 1.30. The Labute approximate surface area is 194 Å². The zero-order valence-electron chi connectivity index (χ0n) is 19.2. The Hall–Kier alpha value is -2.81. The molecule has 1 saturated heterocycles. The number of ketones is 1. The van der Waals surface area contributed by atoms with Gasteiger partial charge >= 0.3 is 0 Å². The number of fused-ring (bicyclic) bond motifs is 1. The number of para-hydroxylation sites is 1. The SMILES string of the molecule is Cn1cc(CCN(CCO)CC2CCN(c3ncc(C(=O)CO)cn3)CC2)c2ccccc21. The number of Topliss-reactive ketones (excluding diaryl/α,β-unsaturated/α-hetero) is 1. The van der Waals surface area contributed by atoms with Gasteiger partial charge in [0, 0.05) is 69.3 Å². The fourth-order valence-electron chi connectivity index (χ4n) is 4.74. The molecule has 3 aromatic rings. The minimum absolute atomic E-state index is 0.168. The number of carbonyl (C=O) groups excluding carboxylic acids is 1. The van der Waals surface area contributed by atoms with E-state index in [1.807, 2.05) is 0 Å². The first-order valence-corrected chi connectivity index (χ1v) is 11.7. The predicted molar refractivity (Wildman–Crippen MR) is 129 cm³/mol. The second kappa shape index (κ2) is 10.9. The maximum absolute atomic E-state index is 11.5. The van der Waals surface area contributed by atoms with Gasteiger partial charge in [-0.2, -0.15) is 0 Å². The fraction of sp³-hybridized carbons (Fsp3) is 0.480. The number of benzene rings is 1. The van der Waals surface area contributed by atoms with E-state index in [9.17, 15) is 9.90 Å². The maximum Gasteiger partial charge on any atom is 0.225 e. The average Bonchev–Trinajstić information content (AvgIpc) is 3.18. The molecule has 8 nitrogen and oxygen atoms in total. The molecule has 33 heavy (non-hydrogen) atoms. The van der Waals surface area contributed by atoms with E-state index in [-0.39, 0.29) is 12.4 Å². The number of aliphatic hydroxyl groups excluding tert-OH is 2. The first-order chi connectivity index (χ1) is 16.1. The van der Waals surface area contributed by atoms with Gasteiger partial charge in [0.25, 0.3) is 0 Å². The van der Waals surface area contributed by atoms with E-state index in [0.717, 1.165) is 45.4 Å². The second-order valence-electron chi connectivity index (χ2n) is 8.84. The number of piperidine rings is 1. The van der Waals surface area contributed by atoms with Crippen molar-refractivity contribution in [2.75, 3.05) is 50.8 Å². The topological polar surface area (TPSA) is 94.7 Å². The normalized spacial score (nSPS) is 15.0. The van der Waals surface area contributed by atoms with Gasteiger partial charge in [0.2, 0.25) is 5.95 Å². The number of rotatable bonds is 10. The summed E-state index contributed by atoms with van der Waals surface area (Å²) in [7, 11) is 2.09. The van der Waals surface area contributed by atoms with E-state index in [1.54, 1.807) is 0 Å². The quantitative estimate of drug-likeness (QED) is 0.455. The van der Waals surface area contributed by atoms with E-state index in [2.05, 4.69) is 61.8 Å². The molecule has 0 amide bonds. The number of nitrogens with zero attached hydrogens (tertiary/aromatic N) is 5. The monoisotopic (exact) mass is 451 g/mol. The minimum atomic E-state index is -0.529. The van der Waals surface area contributed by atoms with Crippen LogP contribution < -0.4 is 4.90 Å². The molecule has 8 heteroatoms. The zero-order chi connectivity index (χ0) is 23.2. The summed E-state index contributed by atoms with van der Waals surface area (Å²) in [5.74, 6) is 0.828. The van der Waals surface area contributed by atoms with Crippen LogP contribution in [0.4, 0.5) is 5.95 Å². The van der Waals surface area contributed by atoms with Crippen molar-refractivity contribution in [2.24, 2.45) is 13.0 Å². The molecule has 0 unspecified atom stereocenters. The molecule has 2 N–H and O–H groups in total. The summed E-state index contributed by atoms with van der Waals surface area (Å²) in [6.45, 7) is 3.97.